The molecule has 1 aromatic carbocycles. The largest absolute Gasteiger partial charge is 0.481 e. The van der Waals surface area contributed by atoms with Crippen LogP contribution in [0.1, 0.15) is 18.0 Å². The second kappa shape index (κ2) is 4.38. The molecule has 1 fully saturated rings. The topological polar surface area (TPSA) is 54.3 Å². The number of carbonyl (C=O) groups is 1. The first kappa shape index (κ1) is 12.2. The van der Waals surface area contributed by atoms with Crippen LogP contribution in [0.2, 0.25) is 0 Å². The molecule has 1 aliphatic carbocycles. The Hall–Kier alpha value is -1.81. The number of aryl methyl sites for hydroxylation is 1. The predicted molar refractivity (Wildman–Crippen MR) is 74.0 cm³/mol. The van der Waals surface area contributed by atoms with E-state index in [-0.39, 0.29) is 17.9 Å². The van der Waals surface area contributed by atoms with Gasteiger partial charge in [-0.3, -0.25) is 4.79 Å². The highest BCUT2D eigenvalue weighted by atomic mass is 16.4. The Kier molecular flexibility index (Phi) is 2.82. The molecule has 1 aliphatic rings. The van der Waals surface area contributed by atoms with Crippen molar-refractivity contribution < 1.29 is 9.90 Å². The van der Waals surface area contributed by atoms with Crippen LogP contribution in [0.5, 0.6) is 0 Å². The molecule has 1 saturated carbocycles. The molecule has 0 radical (unpaired) electrons. The van der Waals surface area contributed by atoms with Gasteiger partial charge in [-0.2, -0.15) is 0 Å². The summed E-state index contributed by atoms with van der Waals surface area (Å²) in [6.07, 6.45) is 2.88. The van der Waals surface area contributed by atoms with Gasteiger partial charge in [0.1, 0.15) is 0 Å². The average molecular weight is 258 g/mol. The van der Waals surface area contributed by atoms with E-state index in [1.165, 1.54) is 16.5 Å². The number of carboxylic acids is 1. The fourth-order valence-corrected chi connectivity index (χ4v) is 3.09. The Labute approximate surface area is 112 Å². The maximum absolute atomic E-state index is 11.1. The summed E-state index contributed by atoms with van der Waals surface area (Å²) in [6.45, 7) is 0. The lowest BCUT2D eigenvalue weighted by Gasteiger charge is -2.15. The number of fused-ring (bicyclic) bond motifs is 1. The number of hydrogen-bond donors (Lipinski definition) is 2. The van der Waals surface area contributed by atoms with Gasteiger partial charge in [0.15, 0.2) is 0 Å². The zero-order chi connectivity index (χ0) is 13.6. The number of rotatable bonds is 4. The van der Waals surface area contributed by atoms with E-state index in [9.17, 15) is 4.79 Å². The lowest BCUT2D eigenvalue weighted by Crippen LogP contribution is -2.20. The van der Waals surface area contributed by atoms with E-state index >= 15 is 0 Å². The van der Waals surface area contributed by atoms with Crippen molar-refractivity contribution in [2.24, 2.45) is 18.9 Å². The van der Waals surface area contributed by atoms with Gasteiger partial charge in [-0.25, -0.2) is 0 Å². The Morgan fingerprint density at radius 3 is 2.84 bits per heavy atom. The highest BCUT2D eigenvalue weighted by Gasteiger charge is 2.48. The lowest BCUT2D eigenvalue weighted by molar-refractivity contribution is -0.138. The van der Waals surface area contributed by atoms with Crippen molar-refractivity contribution in [2.45, 2.75) is 12.5 Å². The van der Waals surface area contributed by atoms with Gasteiger partial charge < -0.3 is 15.0 Å². The molecule has 0 bridgehead atoms. The first-order chi connectivity index (χ1) is 9.13. The number of carboxylic acid groups (broad SMARTS) is 1. The molecule has 2 N–H and O–H groups in total. The summed E-state index contributed by atoms with van der Waals surface area (Å²) in [7, 11) is 3.93. The van der Waals surface area contributed by atoms with Gasteiger partial charge in [-0.15, -0.1) is 0 Å². The molecular formula is C15H18N2O2. The Balaban J connectivity index is 2.01. The summed E-state index contributed by atoms with van der Waals surface area (Å²) < 4.78 is 2.10. The van der Waals surface area contributed by atoms with E-state index in [1.54, 1.807) is 0 Å². The van der Waals surface area contributed by atoms with Gasteiger partial charge in [0.2, 0.25) is 0 Å². The van der Waals surface area contributed by atoms with Crippen molar-refractivity contribution >= 4 is 16.9 Å². The number of nitrogens with one attached hydrogen (secondary N) is 1. The van der Waals surface area contributed by atoms with Crippen LogP contribution in [0.4, 0.5) is 0 Å². The number of hydrogen-bond acceptors (Lipinski definition) is 2. The number of aliphatic carboxylic acids is 1. The summed E-state index contributed by atoms with van der Waals surface area (Å²) in [4.78, 5) is 11.1. The third-order valence-corrected chi connectivity index (χ3v) is 4.16. The molecule has 3 atom stereocenters. The van der Waals surface area contributed by atoms with Gasteiger partial charge in [-0.05, 0) is 31.0 Å². The number of aromatic nitrogens is 1. The number of benzene rings is 1. The smallest absolute Gasteiger partial charge is 0.306 e. The second-order valence-corrected chi connectivity index (χ2v) is 5.32. The van der Waals surface area contributed by atoms with Crippen LogP contribution in [0, 0.1) is 11.8 Å². The van der Waals surface area contributed by atoms with Crippen molar-refractivity contribution in [3.8, 4) is 0 Å². The Bertz CT molecular complexity index is 632. The standard InChI is InChI=1S/C15H18N2O2/c1-16-14(10-7-11(10)15(18)19)12-8-17(2)13-6-4-3-5-9(12)13/h3-6,8,10-11,14,16H,7H2,1-2H3,(H,18,19). The monoisotopic (exact) mass is 258 g/mol. The van der Waals surface area contributed by atoms with Crippen LogP contribution in [-0.4, -0.2) is 22.7 Å². The molecule has 0 aliphatic heterocycles. The van der Waals surface area contributed by atoms with Crippen LogP contribution >= 0.6 is 0 Å². The van der Waals surface area contributed by atoms with E-state index in [0.717, 1.165) is 6.42 Å². The third kappa shape index (κ3) is 1.92. The summed E-state index contributed by atoms with van der Waals surface area (Å²) in [6, 6.07) is 8.37. The fourth-order valence-electron chi connectivity index (χ4n) is 3.09. The second-order valence-electron chi connectivity index (χ2n) is 5.32. The Morgan fingerprint density at radius 2 is 2.21 bits per heavy atom. The lowest BCUT2D eigenvalue weighted by atomic mass is 10.0. The first-order valence-corrected chi connectivity index (χ1v) is 6.57. The van der Waals surface area contributed by atoms with Crippen molar-refractivity contribution in [1.29, 1.82) is 0 Å². The van der Waals surface area contributed by atoms with Crippen LogP contribution in [0.15, 0.2) is 30.5 Å². The molecule has 100 valence electrons. The summed E-state index contributed by atoms with van der Waals surface area (Å²) >= 11 is 0. The van der Waals surface area contributed by atoms with E-state index in [1.807, 2.05) is 26.2 Å². The maximum atomic E-state index is 11.1. The van der Waals surface area contributed by atoms with Gasteiger partial charge >= 0.3 is 5.97 Å². The van der Waals surface area contributed by atoms with Crippen LogP contribution in [-0.2, 0) is 11.8 Å². The molecule has 1 heterocycles. The molecule has 0 amide bonds. The van der Waals surface area contributed by atoms with E-state index < -0.39 is 5.97 Å². The minimum Gasteiger partial charge on any atom is -0.481 e. The van der Waals surface area contributed by atoms with Crippen LogP contribution in [0.3, 0.4) is 0 Å². The normalized spacial score (nSPS) is 23.5. The van der Waals surface area contributed by atoms with Crippen molar-refractivity contribution in [3.63, 3.8) is 0 Å². The van der Waals surface area contributed by atoms with Crippen molar-refractivity contribution in [1.82, 2.24) is 9.88 Å². The maximum Gasteiger partial charge on any atom is 0.306 e. The summed E-state index contributed by atoms with van der Waals surface area (Å²) in [5, 5.41) is 13.6. The van der Waals surface area contributed by atoms with Crippen LogP contribution in [0.25, 0.3) is 10.9 Å². The fraction of sp³-hybridized carbons (Fsp3) is 0.400. The Morgan fingerprint density at radius 1 is 1.47 bits per heavy atom. The van der Waals surface area contributed by atoms with Crippen LogP contribution < -0.4 is 5.32 Å². The summed E-state index contributed by atoms with van der Waals surface area (Å²) in [5.41, 5.74) is 2.39. The molecule has 2 aromatic rings. The number of para-hydroxylation sites is 1. The SMILES string of the molecule is CNC(c1cn(C)c2ccccc12)C1CC1C(=O)O. The van der Waals surface area contributed by atoms with E-state index in [0.29, 0.717) is 0 Å². The van der Waals surface area contributed by atoms with Gasteiger partial charge in [0, 0.05) is 30.2 Å². The van der Waals surface area contributed by atoms with Gasteiger partial charge in [0.05, 0.1) is 5.92 Å². The molecular weight excluding hydrogens is 240 g/mol. The molecule has 19 heavy (non-hydrogen) atoms. The zero-order valence-electron chi connectivity index (χ0n) is 11.1. The van der Waals surface area contributed by atoms with Gasteiger partial charge in [0.25, 0.3) is 0 Å². The minimum absolute atomic E-state index is 0.118. The van der Waals surface area contributed by atoms with E-state index in [4.69, 9.17) is 5.11 Å². The van der Waals surface area contributed by atoms with Crippen molar-refractivity contribution in [3.05, 3.63) is 36.0 Å². The molecule has 3 rings (SSSR count). The van der Waals surface area contributed by atoms with Gasteiger partial charge in [-0.1, -0.05) is 18.2 Å². The highest BCUT2D eigenvalue weighted by Crippen LogP contribution is 2.48. The van der Waals surface area contributed by atoms with Crippen molar-refractivity contribution in [2.75, 3.05) is 7.05 Å². The quantitative estimate of drug-likeness (QED) is 0.883. The molecule has 4 heteroatoms. The molecule has 4 nitrogen and oxygen atoms in total. The average Bonchev–Trinajstić information content (AvgIpc) is 3.12. The predicted octanol–water partition coefficient (Wildman–Crippen LogP) is 2.16. The first-order valence-electron chi connectivity index (χ1n) is 6.57. The highest BCUT2D eigenvalue weighted by molar-refractivity contribution is 5.84. The number of nitrogens with zero attached hydrogens (tertiary/aromatic N) is 1. The minimum atomic E-state index is -0.675. The molecule has 1 aromatic heterocycles. The zero-order valence-corrected chi connectivity index (χ0v) is 11.1. The molecule has 0 saturated heterocycles. The third-order valence-electron chi connectivity index (χ3n) is 4.16. The molecule has 3 unspecified atom stereocenters. The molecule has 0 spiro atoms. The van der Waals surface area contributed by atoms with E-state index in [2.05, 4.69) is 28.2 Å². The summed E-state index contributed by atoms with van der Waals surface area (Å²) in [5.74, 6) is -0.671.